The van der Waals surface area contributed by atoms with Gasteiger partial charge >= 0.3 is 0 Å². The number of rotatable bonds is 2. The standard InChI is InChI=1S/C20H27N3O4/c1-20(2,3)13-18(25)22-7-9-23(10-8-22)19(26)14-4-5-16-15(12-14)21-17(24)6-11-27-16/h4-5,12H,6-11,13H2,1-3H3,(H,21,24). The summed E-state index contributed by atoms with van der Waals surface area (Å²) in [7, 11) is 0. The number of hydrogen-bond acceptors (Lipinski definition) is 4. The molecule has 2 aliphatic rings. The van der Waals surface area contributed by atoms with Crippen LogP contribution in [0.1, 0.15) is 44.0 Å². The first-order chi connectivity index (χ1) is 12.7. The second-order valence-corrected chi connectivity index (χ2v) is 8.27. The van der Waals surface area contributed by atoms with Gasteiger partial charge in [0, 0.05) is 38.2 Å². The number of benzene rings is 1. The Morgan fingerprint density at radius 3 is 2.44 bits per heavy atom. The number of fused-ring (bicyclic) bond motifs is 1. The van der Waals surface area contributed by atoms with Crippen LogP contribution in [0, 0.1) is 5.41 Å². The lowest BCUT2D eigenvalue weighted by molar-refractivity contribution is -0.134. The summed E-state index contributed by atoms with van der Waals surface area (Å²) >= 11 is 0. The summed E-state index contributed by atoms with van der Waals surface area (Å²) in [6, 6.07) is 5.10. The van der Waals surface area contributed by atoms with Gasteiger partial charge in [0.2, 0.25) is 11.8 Å². The minimum absolute atomic E-state index is 0.0433. The van der Waals surface area contributed by atoms with Crippen LogP contribution in [0.5, 0.6) is 5.75 Å². The van der Waals surface area contributed by atoms with Gasteiger partial charge in [0.25, 0.3) is 5.91 Å². The molecular weight excluding hydrogens is 346 g/mol. The molecule has 0 atom stereocenters. The fourth-order valence-corrected chi connectivity index (χ4v) is 3.26. The van der Waals surface area contributed by atoms with E-state index in [1.165, 1.54) is 0 Å². The van der Waals surface area contributed by atoms with E-state index in [2.05, 4.69) is 5.32 Å². The lowest BCUT2D eigenvalue weighted by Crippen LogP contribution is -2.51. The summed E-state index contributed by atoms with van der Waals surface area (Å²) in [6.07, 6.45) is 0.800. The van der Waals surface area contributed by atoms with E-state index in [1.54, 1.807) is 23.1 Å². The number of anilines is 1. The van der Waals surface area contributed by atoms with E-state index in [0.717, 1.165) is 0 Å². The Morgan fingerprint density at radius 2 is 1.78 bits per heavy atom. The lowest BCUT2D eigenvalue weighted by Gasteiger charge is -2.36. The Bertz CT molecular complexity index is 746. The first-order valence-electron chi connectivity index (χ1n) is 9.37. The molecule has 1 N–H and O–H groups in total. The van der Waals surface area contributed by atoms with Crippen molar-refractivity contribution >= 4 is 23.4 Å². The second kappa shape index (κ2) is 7.58. The van der Waals surface area contributed by atoms with Gasteiger partial charge in [-0.1, -0.05) is 20.8 Å². The summed E-state index contributed by atoms with van der Waals surface area (Å²) in [4.78, 5) is 40.5. The van der Waals surface area contributed by atoms with Crippen molar-refractivity contribution in [1.29, 1.82) is 0 Å². The van der Waals surface area contributed by atoms with Crippen molar-refractivity contribution in [2.75, 3.05) is 38.1 Å². The van der Waals surface area contributed by atoms with Gasteiger partial charge in [0.15, 0.2) is 0 Å². The Morgan fingerprint density at radius 1 is 1.11 bits per heavy atom. The molecule has 0 aliphatic carbocycles. The predicted molar refractivity (Wildman–Crippen MR) is 102 cm³/mol. The van der Waals surface area contributed by atoms with Gasteiger partial charge in [-0.3, -0.25) is 14.4 Å². The third-order valence-electron chi connectivity index (χ3n) is 4.69. The molecule has 7 nitrogen and oxygen atoms in total. The second-order valence-electron chi connectivity index (χ2n) is 8.27. The highest BCUT2D eigenvalue weighted by molar-refractivity contribution is 5.98. The minimum Gasteiger partial charge on any atom is -0.491 e. The van der Waals surface area contributed by atoms with E-state index in [1.807, 2.05) is 25.7 Å². The largest absolute Gasteiger partial charge is 0.491 e. The van der Waals surface area contributed by atoms with Crippen molar-refractivity contribution in [1.82, 2.24) is 9.80 Å². The van der Waals surface area contributed by atoms with Crippen molar-refractivity contribution in [3.05, 3.63) is 23.8 Å². The van der Waals surface area contributed by atoms with Crippen molar-refractivity contribution in [3.8, 4) is 5.75 Å². The topological polar surface area (TPSA) is 79.0 Å². The smallest absolute Gasteiger partial charge is 0.254 e. The zero-order valence-corrected chi connectivity index (χ0v) is 16.2. The fourth-order valence-electron chi connectivity index (χ4n) is 3.26. The molecule has 0 spiro atoms. The third-order valence-corrected chi connectivity index (χ3v) is 4.69. The Hall–Kier alpha value is -2.57. The number of hydrogen-bond donors (Lipinski definition) is 1. The molecule has 7 heteroatoms. The summed E-state index contributed by atoms with van der Waals surface area (Å²) in [5.41, 5.74) is 0.995. The molecule has 0 bridgehead atoms. The fraction of sp³-hybridized carbons (Fsp3) is 0.550. The average Bonchev–Trinajstić information content (AvgIpc) is 2.79. The van der Waals surface area contributed by atoms with E-state index in [9.17, 15) is 14.4 Å². The lowest BCUT2D eigenvalue weighted by atomic mass is 9.91. The van der Waals surface area contributed by atoms with Crippen LogP contribution in [0.25, 0.3) is 0 Å². The van der Waals surface area contributed by atoms with Crippen LogP contribution in [0.15, 0.2) is 18.2 Å². The van der Waals surface area contributed by atoms with Crippen molar-refractivity contribution < 1.29 is 19.1 Å². The normalized spacial score (nSPS) is 17.5. The Labute approximate surface area is 159 Å². The first kappa shape index (κ1) is 19.2. The molecule has 1 aromatic carbocycles. The number of carbonyl (C=O) groups is 3. The maximum atomic E-state index is 12.8. The number of ether oxygens (including phenoxy) is 1. The number of amides is 3. The monoisotopic (exact) mass is 373 g/mol. The van der Waals surface area contributed by atoms with E-state index in [-0.39, 0.29) is 23.1 Å². The average molecular weight is 373 g/mol. The molecular formula is C20H27N3O4. The molecule has 27 heavy (non-hydrogen) atoms. The SMILES string of the molecule is CC(C)(C)CC(=O)N1CCN(C(=O)c2ccc3c(c2)NC(=O)CCO3)CC1. The first-order valence-corrected chi connectivity index (χ1v) is 9.37. The van der Waals surface area contributed by atoms with Crippen LogP contribution in [-0.4, -0.2) is 60.3 Å². The third kappa shape index (κ3) is 4.78. The van der Waals surface area contributed by atoms with Gasteiger partial charge in [0.1, 0.15) is 5.75 Å². The van der Waals surface area contributed by atoms with E-state index in [0.29, 0.717) is 62.6 Å². The highest BCUT2D eigenvalue weighted by atomic mass is 16.5. The Balaban J connectivity index is 1.63. The zero-order valence-electron chi connectivity index (χ0n) is 16.2. The molecule has 0 unspecified atom stereocenters. The van der Waals surface area contributed by atoms with Gasteiger partial charge in [-0.15, -0.1) is 0 Å². The molecule has 1 fully saturated rings. The molecule has 0 aromatic heterocycles. The molecule has 1 saturated heterocycles. The van der Waals surface area contributed by atoms with Crippen LogP contribution in [-0.2, 0) is 9.59 Å². The van der Waals surface area contributed by atoms with Crippen molar-refractivity contribution in [2.24, 2.45) is 5.41 Å². The molecule has 0 radical (unpaired) electrons. The van der Waals surface area contributed by atoms with Crippen molar-refractivity contribution in [2.45, 2.75) is 33.6 Å². The number of nitrogens with zero attached hydrogens (tertiary/aromatic N) is 2. The molecule has 3 rings (SSSR count). The van der Waals surface area contributed by atoms with E-state index < -0.39 is 0 Å². The summed E-state index contributed by atoms with van der Waals surface area (Å²) < 4.78 is 5.53. The van der Waals surface area contributed by atoms with Crippen LogP contribution in [0.4, 0.5) is 5.69 Å². The predicted octanol–water partition coefficient (Wildman–Crippen LogP) is 2.13. The highest BCUT2D eigenvalue weighted by Gasteiger charge is 2.27. The maximum absolute atomic E-state index is 12.8. The van der Waals surface area contributed by atoms with Gasteiger partial charge in [-0.2, -0.15) is 0 Å². The van der Waals surface area contributed by atoms with Crippen LogP contribution >= 0.6 is 0 Å². The number of carbonyl (C=O) groups excluding carboxylic acids is 3. The molecule has 146 valence electrons. The number of piperazine rings is 1. The molecule has 0 saturated carbocycles. The molecule has 2 heterocycles. The number of nitrogens with one attached hydrogen (secondary N) is 1. The van der Waals surface area contributed by atoms with Gasteiger partial charge < -0.3 is 19.9 Å². The highest BCUT2D eigenvalue weighted by Crippen LogP contribution is 2.29. The summed E-state index contributed by atoms with van der Waals surface area (Å²) in [5, 5.41) is 2.78. The quantitative estimate of drug-likeness (QED) is 0.861. The van der Waals surface area contributed by atoms with Gasteiger partial charge in [0.05, 0.1) is 18.7 Å². The molecule has 2 aliphatic heterocycles. The summed E-state index contributed by atoms with van der Waals surface area (Å²) in [5.74, 6) is 0.498. The molecule has 3 amide bonds. The van der Waals surface area contributed by atoms with E-state index >= 15 is 0 Å². The van der Waals surface area contributed by atoms with Gasteiger partial charge in [-0.05, 0) is 23.6 Å². The maximum Gasteiger partial charge on any atom is 0.254 e. The van der Waals surface area contributed by atoms with Crippen LogP contribution in [0.2, 0.25) is 0 Å². The van der Waals surface area contributed by atoms with Crippen LogP contribution < -0.4 is 10.1 Å². The Kier molecular flexibility index (Phi) is 5.39. The van der Waals surface area contributed by atoms with Gasteiger partial charge in [-0.25, -0.2) is 0 Å². The molecule has 1 aromatic rings. The van der Waals surface area contributed by atoms with Crippen molar-refractivity contribution in [3.63, 3.8) is 0 Å². The van der Waals surface area contributed by atoms with E-state index in [4.69, 9.17) is 4.74 Å². The summed E-state index contributed by atoms with van der Waals surface area (Å²) in [6.45, 7) is 8.58. The zero-order chi connectivity index (χ0) is 19.6. The van der Waals surface area contributed by atoms with Crippen LogP contribution in [0.3, 0.4) is 0 Å². The minimum atomic E-state index is -0.121.